The number of hydrogen-bond donors (Lipinski definition) is 1. The van der Waals surface area contributed by atoms with Crippen molar-refractivity contribution in [3.05, 3.63) is 29.8 Å². The second-order valence-corrected chi connectivity index (χ2v) is 5.49. The molecule has 3 heteroatoms. The molecule has 2 rings (SSSR count). The van der Waals surface area contributed by atoms with Gasteiger partial charge in [0.15, 0.2) is 0 Å². The van der Waals surface area contributed by atoms with E-state index < -0.39 is 0 Å². The molecule has 19 heavy (non-hydrogen) atoms. The lowest BCUT2D eigenvalue weighted by Crippen LogP contribution is -2.36. The highest BCUT2D eigenvalue weighted by Crippen LogP contribution is 2.26. The Morgan fingerprint density at radius 2 is 2.00 bits per heavy atom. The van der Waals surface area contributed by atoms with Crippen LogP contribution in [0.1, 0.15) is 44.6 Å². The van der Waals surface area contributed by atoms with E-state index in [0.717, 1.165) is 18.6 Å². The maximum Gasteiger partial charge on any atom is 0.223 e. The van der Waals surface area contributed by atoms with Crippen LogP contribution >= 0.6 is 0 Å². The molecule has 0 unspecified atom stereocenters. The summed E-state index contributed by atoms with van der Waals surface area (Å²) < 4.78 is 5.61. The van der Waals surface area contributed by atoms with Gasteiger partial charge in [-0.25, -0.2) is 0 Å². The molecule has 1 N–H and O–H groups in total. The van der Waals surface area contributed by atoms with Gasteiger partial charge >= 0.3 is 0 Å². The Morgan fingerprint density at radius 3 is 2.53 bits per heavy atom. The van der Waals surface area contributed by atoms with Gasteiger partial charge in [0.25, 0.3) is 0 Å². The summed E-state index contributed by atoms with van der Waals surface area (Å²) in [5, 5.41) is 2.92. The van der Waals surface area contributed by atoms with Crippen molar-refractivity contribution in [3.8, 4) is 5.75 Å². The van der Waals surface area contributed by atoms with Crippen LogP contribution in [0.15, 0.2) is 24.3 Å². The quantitative estimate of drug-likeness (QED) is 0.799. The fourth-order valence-corrected chi connectivity index (χ4v) is 2.11. The summed E-state index contributed by atoms with van der Waals surface area (Å²) >= 11 is 0. The number of carbonyl (C=O) groups is 1. The molecule has 1 saturated carbocycles. The largest absolute Gasteiger partial charge is 0.492 e. The van der Waals surface area contributed by atoms with Crippen molar-refractivity contribution in [1.82, 2.24) is 5.32 Å². The molecule has 1 aliphatic rings. The number of carbonyl (C=O) groups excluding carboxylic acids is 1. The molecule has 1 aliphatic carbocycles. The maximum atomic E-state index is 11.6. The number of benzene rings is 1. The van der Waals surface area contributed by atoms with Gasteiger partial charge in [-0.15, -0.1) is 0 Å². The van der Waals surface area contributed by atoms with Gasteiger partial charge in [0.2, 0.25) is 5.91 Å². The first-order valence-corrected chi connectivity index (χ1v) is 7.17. The van der Waals surface area contributed by atoms with E-state index in [1.54, 1.807) is 0 Å². The minimum absolute atomic E-state index is 0.185. The molecule has 1 fully saturated rings. The van der Waals surface area contributed by atoms with E-state index in [4.69, 9.17) is 4.74 Å². The van der Waals surface area contributed by atoms with Gasteiger partial charge in [-0.3, -0.25) is 4.79 Å². The summed E-state index contributed by atoms with van der Waals surface area (Å²) in [6.45, 7) is 5.46. The average molecular weight is 261 g/mol. The van der Waals surface area contributed by atoms with E-state index in [-0.39, 0.29) is 11.8 Å². The topological polar surface area (TPSA) is 38.3 Å². The zero-order valence-electron chi connectivity index (χ0n) is 11.8. The predicted octanol–water partition coefficient (Wildman–Crippen LogP) is 3.11. The molecule has 0 atom stereocenters. The Bertz CT molecular complexity index is 407. The molecule has 0 heterocycles. The molecule has 0 radical (unpaired) electrons. The van der Waals surface area contributed by atoms with Crippen molar-refractivity contribution in [2.45, 2.75) is 39.0 Å². The third-order valence-electron chi connectivity index (χ3n) is 3.69. The number of amides is 1. The van der Waals surface area contributed by atoms with E-state index in [9.17, 15) is 4.79 Å². The highest BCUT2D eigenvalue weighted by molar-refractivity contribution is 5.79. The summed E-state index contributed by atoms with van der Waals surface area (Å²) in [4.78, 5) is 11.6. The Balaban J connectivity index is 1.66. The van der Waals surface area contributed by atoms with Crippen LogP contribution in [-0.2, 0) is 4.79 Å². The Labute approximate surface area is 115 Å². The maximum absolute atomic E-state index is 11.6. The van der Waals surface area contributed by atoms with E-state index in [1.165, 1.54) is 12.0 Å². The lowest BCUT2D eigenvalue weighted by molar-refractivity contribution is -0.127. The van der Waals surface area contributed by atoms with Gasteiger partial charge in [0.05, 0.1) is 6.54 Å². The number of hydrogen-bond acceptors (Lipinski definition) is 2. The molecular formula is C16H23NO2. The van der Waals surface area contributed by atoms with Crippen LogP contribution < -0.4 is 10.1 Å². The molecule has 104 valence electrons. The number of rotatable bonds is 6. The monoisotopic (exact) mass is 261 g/mol. The molecule has 0 aliphatic heterocycles. The molecule has 0 bridgehead atoms. The highest BCUT2D eigenvalue weighted by atomic mass is 16.5. The number of nitrogens with one attached hydrogen (secondary N) is 1. The van der Waals surface area contributed by atoms with Gasteiger partial charge in [0, 0.05) is 5.92 Å². The van der Waals surface area contributed by atoms with E-state index in [2.05, 4.69) is 31.3 Å². The first-order chi connectivity index (χ1) is 9.16. The van der Waals surface area contributed by atoms with Gasteiger partial charge in [0.1, 0.15) is 12.4 Å². The fourth-order valence-electron chi connectivity index (χ4n) is 2.11. The lowest BCUT2D eigenvalue weighted by Gasteiger charge is -2.23. The summed E-state index contributed by atoms with van der Waals surface area (Å²) in [5.41, 5.74) is 1.31. The zero-order chi connectivity index (χ0) is 13.7. The second-order valence-electron chi connectivity index (χ2n) is 5.49. The van der Waals surface area contributed by atoms with Crippen LogP contribution in [-0.4, -0.2) is 19.1 Å². The van der Waals surface area contributed by atoms with Crippen molar-refractivity contribution >= 4 is 5.91 Å². The molecule has 0 spiro atoms. The van der Waals surface area contributed by atoms with E-state index in [1.807, 2.05) is 12.1 Å². The highest BCUT2D eigenvalue weighted by Gasteiger charge is 2.24. The summed E-state index contributed by atoms with van der Waals surface area (Å²) in [6, 6.07) is 8.16. The van der Waals surface area contributed by atoms with Crippen molar-refractivity contribution in [2.75, 3.05) is 13.2 Å². The summed E-state index contributed by atoms with van der Waals surface area (Å²) in [5.74, 6) is 1.84. The minimum Gasteiger partial charge on any atom is -0.492 e. The van der Waals surface area contributed by atoms with Crippen LogP contribution in [0.25, 0.3) is 0 Å². The Morgan fingerprint density at radius 1 is 1.32 bits per heavy atom. The predicted molar refractivity (Wildman–Crippen MR) is 76.4 cm³/mol. The average Bonchev–Trinajstić information content (AvgIpc) is 2.33. The third kappa shape index (κ3) is 3.98. The van der Waals surface area contributed by atoms with E-state index in [0.29, 0.717) is 19.1 Å². The Kier molecular flexibility index (Phi) is 4.83. The smallest absolute Gasteiger partial charge is 0.223 e. The lowest BCUT2D eigenvalue weighted by atomic mass is 9.85. The first-order valence-electron chi connectivity index (χ1n) is 7.17. The fraction of sp³-hybridized carbons (Fsp3) is 0.562. The standard InChI is InChI=1S/C16H23NO2/c1-12(2)13-6-8-15(9-7-13)19-11-10-17-16(18)14-4-3-5-14/h6-9,12,14H,3-5,10-11H2,1-2H3,(H,17,18). The van der Waals surface area contributed by atoms with Gasteiger partial charge in [-0.05, 0) is 36.5 Å². The van der Waals surface area contributed by atoms with Crippen LogP contribution in [0.5, 0.6) is 5.75 Å². The van der Waals surface area contributed by atoms with Crippen molar-refractivity contribution < 1.29 is 9.53 Å². The van der Waals surface area contributed by atoms with Gasteiger partial charge in [-0.2, -0.15) is 0 Å². The van der Waals surface area contributed by atoms with E-state index >= 15 is 0 Å². The second kappa shape index (κ2) is 6.60. The minimum atomic E-state index is 0.185. The molecular weight excluding hydrogens is 238 g/mol. The van der Waals surface area contributed by atoms with Crippen molar-refractivity contribution in [2.24, 2.45) is 5.92 Å². The van der Waals surface area contributed by atoms with Crippen LogP contribution in [0.3, 0.4) is 0 Å². The molecule has 0 saturated heterocycles. The van der Waals surface area contributed by atoms with Crippen LogP contribution in [0, 0.1) is 5.92 Å². The molecule has 3 nitrogen and oxygen atoms in total. The van der Waals surface area contributed by atoms with Gasteiger partial charge in [-0.1, -0.05) is 32.4 Å². The summed E-state index contributed by atoms with van der Waals surface area (Å²) in [7, 11) is 0. The Hall–Kier alpha value is -1.51. The first kappa shape index (κ1) is 13.9. The van der Waals surface area contributed by atoms with Crippen molar-refractivity contribution in [3.63, 3.8) is 0 Å². The van der Waals surface area contributed by atoms with Crippen LogP contribution in [0.4, 0.5) is 0 Å². The normalized spacial score (nSPS) is 15.1. The molecule has 1 amide bonds. The molecule has 0 aromatic heterocycles. The zero-order valence-corrected chi connectivity index (χ0v) is 11.8. The summed E-state index contributed by atoms with van der Waals surface area (Å²) in [6.07, 6.45) is 3.28. The molecule has 1 aromatic carbocycles. The van der Waals surface area contributed by atoms with Crippen LogP contribution in [0.2, 0.25) is 0 Å². The van der Waals surface area contributed by atoms with Gasteiger partial charge < -0.3 is 10.1 Å². The number of ether oxygens (including phenoxy) is 1. The third-order valence-corrected chi connectivity index (χ3v) is 3.69. The van der Waals surface area contributed by atoms with Crippen molar-refractivity contribution in [1.29, 1.82) is 0 Å². The molecule has 1 aromatic rings. The SMILES string of the molecule is CC(C)c1ccc(OCCNC(=O)C2CCC2)cc1.